The summed E-state index contributed by atoms with van der Waals surface area (Å²) in [5.74, 6) is 1.17. The second-order valence-corrected chi connectivity index (χ2v) is 7.53. The van der Waals surface area contributed by atoms with Crippen LogP contribution in [-0.4, -0.2) is 49.9 Å². The largest absolute Gasteiger partial charge is 0.384 e. The van der Waals surface area contributed by atoms with E-state index in [4.69, 9.17) is 5.73 Å². The number of aromatic amines is 1. The number of hydrogen-bond acceptors (Lipinski definition) is 7. The van der Waals surface area contributed by atoms with E-state index in [0.29, 0.717) is 17.8 Å². The molecule has 28 heavy (non-hydrogen) atoms. The lowest BCUT2D eigenvalue weighted by atomic mass is 10.1. The zero-order valence-electron chi connectivity index (χ0n) is 16.3. The molecule has 4 N–H and O–H groups in total. The molecule has 0 aliphatic carbocycles. The fourth-order valence-electron chi connectivity index (χ4n) is 2.98. The van der Waals surface area contributed by atoms with Crippen LogP contribution in [0, 0.1) is 6.92 Å². The molecule has 2 aromatic heterocycles. The first-order valence-corrected chi connectivity index (χ1v) is 10.5. The third kappa shape index (κ3) is 5.71. The van der Waals surface area contributed by atoms with Gasteiger partial charge in [0.1, 0.15) is 5.82 Å². The van der Waals surface area contributed by atoms with Crippen LogP contribution in [0.3, 0.4) is 0 Å². The van der Waals surface area contributed by atoms with Crippen molar-refractivity contribution in [3.63, 3.8) is 0 Å². The van der Waals surface area contributed by atoms with E-state index in [-0.39, 0.29) is 0 Å². The number of piperidine rings is 1. The molecule has 1 aliphatic rings. The van der Waals surface area contributed by atoms with Crippen molar-refractivity contribution in [1.29, 1.82) is 0 Å². The van der Waals surface area contributed by atoms with Crippen molar-refractivity contribution in [2.75, 3.05) is 30.4 Å². The van der Waals surface area contributed by atoms with E-state index in [0.717, 1.165) is 37.2 Å². The SMILES string of the molecule is CSN1CCC(Nc2nccc(-c3cn[nH]c3N)n2)CC1.Cc1ccccc1. The Labute approximate surface area is 170 Å². The van der Waals surface area contributed by atoms with Gasteiger partial charge in [-0.15, -0.1) is 0 Å². The summed E-state index contributed by atoms with van der Waals surface area (Å²) >= 11 is 1.81. The molecule has 1 fully saturated rings. The van der Waals surface area contributed by atoms with E-state index in [2.05, 4.69) is 55.1 Å². The van der Waals surface area contributed by atoms with Gasteiger partial charge in [-0.2, -0.15) is 5.10 Å². The van der Waals surface area contributed by atoms with Crippen molar-refractivity contribution in [2.24, 2.45) is 0 Å². The molecule has 0 saturated carbocycles. The van der Waals surface area contributed by atoms with Gasteiger partial charge in [0, 0.05) is 25.3 Å². The monoisotopic (exact) mass is 397 g/mol. The fourth-order valence-corrected chi connectivity index (χ4v) is 3.55. The summed E-state index contributed by atoms with van der Waals surface area (Å²) in [5, 5.41) is 10.1. The van der Waals surface area contributed by atoms with Crippen LogP contribution in [0.15, 0.2) is 48.8 Å². The maximum atomic E-state index is 5.83. The van der Waals surface area contributed by atoms with Gasteiger partial charge in [0.2, 0.25) is 5.95 Å². The minimum atomic E-state index is 0.422. The molecular weight excluding hydrogens is 370 g/mol. The van der Waals surface area contributed by atoms with Gasteiger partial charge in [-0.25, -0.2) is 9.97 Å². The second kappa shape index (κ2) is 10.1. The average molecular weight is 398 g/mol. The van der Waals surface area contributed by atoms with Crippen LogP contribution in [0.5, 0.6) is 0 Å². The molecule has 4 rings (SSSR count). The van der Waals surface area contributed by atoms with E-state index in [1.54, 1.807) is 24.3 Å². The number of benzene rings is 1. The number of hydrogen-bond donors (Lipinski definition) is 3. The van der Waals surface area contributed by atoms with Crippen molar-refractivity contribution in [2.45, 2.75) is 25.8 Å². The Morgan fingerprint density at radius 3 is 2.50 bits per heavy atom. The van der Waals surface area contributed by atoms with Gasteiger partial charge in [-0.1, -0.05) is 47.8 Å². The Balaban J connectivity index is 0.000000271. The number of nitrogens with two attached hydrogens (primary N) is 1. The molecule has 1 saturated heterocycles. The number of aromatic nitrogens is 4. The highest BCUT2D eigenvalue weighted by atomic mass is 32.2. The molecule has 3 aromatic rings. The summed E-state index contributed by atoms with van der Waals surface area (Å²) < 4.78 is 2.38. The van der Waals surface area contributed by atoms with E-state index in [1.165, 1.54) is 5.56 Å². The molecule has 148 valence electrons. The number of rotatable bonds is 4. The zero-order valence-corrected chi connectivity index (χ0v) is 17.1. The second-order valence-electron chi connectivity index (χ2n) is 6.65. The first-order valence-electron chi connectivity index (χ1n) is 9.35. The van der Waals surface area contributed by atoms with Crippen molar-refractivity contribution < 1.29 is 0 Å². The number of H-pyrrole nitrogens is 1. The minimum absolute atomic E-state index is 0.422. The van der Waals surface area contributed by atoms with Crippen molar-refractivity contribution >= 4 is 23.7 Å². The number of nitrogens with zero attached hydrogens (tertiary/aromatic N) is 4. The van der Waals surface area contributed by atoms with Crippen LogP contribution in [0.25, 0.3) is 11.3 Å². The molecule has 0 radical (unpaired) electrons. The maximum Gasteiger partial charge on any atom is 0.223 e. The summed E-state index contributed by atoms with van der Waals surface area (Å²) in [6, 6.07) is 12.5. The van der Waals surface area contributed by atoms with Gasteiger partial charge in [0.25, 0.3) is 0 Å². The van der Waals surface area contributed by atoms with Gasteiger partial charge < -0.3 is 11.1 Å². The van der Waals surface area contributed by atoms with Gasteiger partial charge in [-0.05, 0) is 32.1 Å². The molecule has 0 unspecified atom stereocenters. The highest BCUT2D eigenvalue weighted by Crippen LogP contribution is 2.23. The molecular formula is C20H27N7S. The van der Waals surface area contributed by atoms with Crippen LogP contribution in [0.4, 0.5) is 11.8 Å². The number of aryl methyl sites for hydroxylation is 1. The predicted octanol–water partition coefficient (Wildman–Crippen LogP) is 3.60. The van der Waals surface area contributed by atoms with Gasteiger partial charge in [-0.3, -0.25) is 9.40 Å². The Kier molecular flexibility index (Phi) is 7.27. The Morgan fingerprint density at radius 1 is 1.18 bits per heavy atom. The molecule has 7 nitrogen and oxygen atoms in total. The van der Waals surface area contributed by atoms with Crippen molar-refractivity contribution in [1.82, 2.24) is 24.5 Å². The van der Waals surface area contributed by atoms with E-state index in [1.807, 2.05) is 24.3 Å². The van der Waals surface area contributed by atoms with E-state index < -0.39 is 0 Å². The van der Waals surface area contributed by atoms with Crippen molar-refractivity contribution in [3.05, 3.63) is 54.4 Å². The van der Waals surface area contributed by atoms with Crippen LogP contribution in [0.1, 0.15) is 18.4 Å². The molecule has 0 amide bonds. The summed E-state index contributed by atoms with van der Waals surface area (Å²) in [5.41, 5.74) is 8.73. The lowest BCUT2D eigenvalue weighted by Crippen LogP contribution is -2.35. The standard InChI is InChI=1S/C13H19N7S.C7H8/c1-21-20-6-3-9(4-7-20)17-13-15-5-2-11(18-13)10-8-16-19-12(10)14;1-7-5-3-2-4-6-7/h2,5,8-9H,3-4,6-7H2,1H3,(H3,14,16,19)(H,15,17,18);2-6H,1H3. The minimum Gasteiger partial charge on any atom is -0.384 e. The predicted molar refractivity (Wildman–Crippen MR) is 117 cm³/mol. The van der Waals surface area contributed by atoms with Crippen molar-refractivity contribution in [3.8, 4) is 11.3 Å². The third-order valence-corrected chi connectivity index (χ3v) is 5.47. The normalized spacial score (nSPS) is 14.9. The van der Waals surface area contributed by atoms with E-state index >= 15 is 0 Å². The summed E-state index contributed by atoms with van der Waals surface area (Å²) in [6.45, 7) is 4.26. The number of anilines is 2. The topological polar surface area (TPSA) is 95.8 Å². The van der Waals surface area contributed by atoms with Crippen LogP contribution < -0.4 is 11.1 Å². The van der Waals surface area contributed by atoms with E-state index in [9.17, 15) is 0 Å². The lowest BCUT2D eigenvalue weighted by Gasteiger charge is -2.30. The molecule has 1 aromatic carbocycles. The molecule has 8 heteroatoms. The zero-order chi connectivity index (χ0) is 19.8. The Morgan fingerprint density at radius 2 is 1.93 bits per heavy atom. The smallest absolute Gasteiger partial charge is 0.223 e. The van der Waals surface area contributed by atoms with Crippen LogP contribution in [-0.2, 0) is 0 Å². The van der Waals surface area contributed by atoms with Gasteiger partial charge in [0.05, 0.1) is 17.5 Å². The Bertz CT molecular complexity index is 845. The quantitative estimate of drug-likeness (QED) is 0.579. The van der Waals surface area contributed by atoms with Crippen LogP contribution >= 0.6 is 11.9 Å². The lowest BCUT2D eigenvalue weighted by molar-refractivity contribution is 0.358. The van der Waals surface area contributed by atoms with Crippen LogP contribution in [0.2, 0.25) is 0 Å². The molecule has 0 spiro atoms. The molecule has 0 atom stereocenters. The first kappa shape index (κ1) is 20.2. The number of nitrogens with one attached hydrogen (secondary N) is 2. The third-order valence-electron chi connectivity index (χ3n) is 4.59. The van der Waals surface area contributed by atoms with Gasteiger partial charge >= 0.3 is 0 Å². The summed E-state index contributed by atoms with van der Waals surface area (Å²) in [7, 11) is 0. The summed E-state index contributed by atoms with van der Waals surface area (Å²) in [4.78, 5) is 8.83. The molecule has 0 bridgehead atoms. The molecule has 3 heterocycles. The maximum absolute atomic E-state index is 5.83. The highest BCUT2D eigenvalue weighted by molar-refractivity contribution is 7.96. The van der Waals surface area contributed by atoms with Gasteiger partial charge in [0.15, 0.2) is 0 Å². The number of nitrogen functional groups attached to an aromatic ring is 1. The Hall–Kier alpha value is -2.58. The highest BCUT2D eigenvalue weighted by Gasteiger charge is 2.19. The first-order chi connectivity index (χ1) is 13.7. The average Bonchev–Trinajstić information content (AvgIpc) is 3.16. The fraction of sp³-hybridized carbons (Fsp3) is 0.350. The molecule has 1 aliphatic heterocycles. The summed E-state index contributed by atoms with van der Waals surface area (Å²) in [6.07, 6.45) is 7.74.